The van der Waals surface area contributed by atoms with Gasteiger partial charge in [-0.1, -0.05) is 20.8 Å². The Morgan fingerprint density at radius 1 is 1.36 bits per heavy atom. The minimum Gasteiger partial charge on any atom is -0.354 e. The van der Waals surface area contributed by atoms with E-state index >= 15 is 0 Å². The van der Waals surface area contributed by atoms with Crippen LogP contribution in [0.5, 0.6) is 0 Å². The molecular formula is C11H22N2O. The van der Waals surface area contributed by atoms with Gasteiger partial charge in [0, 0.05) is 6.54 Å². The zero-order chi connectivity index (χ0) is 11.0. The molecule has 0 bridgehead atoms. The Hall–Kier alpha value is -0.570. The first-order valence-electron chi connectivity index (χ1n) is 5.31. The lowest BCUT2D eigenvalue weighted by molar-refractivity contribution is -0.126. The Morgan fingerprint density at radius 2 is 1.86 bits per heavy atom. The van der Waals surface area contributed by atoms with Crippen molar-refractivity contribution in [3.63, 3.8) is 0 Å². The van der Waals surface area contributed by atoms with E-state index in [1.165, 1.54) is 0 Å². The number of nitrogens with one attached hydrogen (secondary N) is 1. The maximum atomic E-state index is 11.8. The van der Waals surface area contributed by atoms with Crippen LogP contribution in [0, 0.1) is 11.3 Å². The molecule has 0 aromatic heterocycles. The summed E-state index contributed by atoms with van der Waals surface area (Å²) in [5.41, 5.74) is 5.44. The third kappa shape index (κ3) is 2.98. The molecule has 0 aromatic rings. The van der Waals surface area contributed by atoms with Crippen molar-refractivity contribution >= 4 is 5.91 Å². The van der Waals surface area contributed by atoms with Gasteiger partial charge in [-0.15, -0.1) is 0 Å². The number of carbonyl (C=O) groups excluding carboxylic acids is 1. The van der Waals surface area contributed by atoms with Crippen LogP contribution in [0.3, 0.4) is 0 Å². The molecule has 14 heavy (non-hydrogen) atoms. The molecule has 1 atom stereocenters. The number of amides is 1. The van der Waals surface area contributed by atoms with Crippen LogP contribution in [0.15, 0.2) is 0 Å². The summed E-state index contributed by atoms with van der Waals surface area (Å²) in [5, 5.41) is 2.92. The maximum absolute atomic E-state index is 11.8. The fourth-order valence-electron chi connectivity index (χ4n) is 1.40. The molecular weight excluding hydrogens is 176 g/mol. The molecule has 0 aliphatic heterocycles. The molecule has 3 nitrogen and oxygen atoms in total. The second-order valence-corrected chi connectivity index (χ2v) is 5.80. The fourth-order valence-corrected chi connectivity index (χ4v) is 1.40. The minimum atomic E-state index is -0.661. The largest absolute Gasteiger partial charge is 0.354 e. The van der Waals surface area contributed by atoms with Crippen LogP contribution in [0.2, 0.25) is 0 Å². The summed E-state index contributed by atoms with van der Waals surface area (Å²) >= 11 is 0. The van der Waals surface area contributed by atoms with Crippen molar-refractivity contribution in [2.75, 3.05) is 6.54 Å². The van der Waals surface area contributed by atoms with E-state index in [9.17, 15) is 4.79 Å². The average Bonchev–Trinajstić information content (AvgIpc) is 2.80. The zero-order valence-corrected chi connectivity index (χ0v) is 9.68. The van der Waals surface area contributed by atoms with E-state index in [0.29, 0.717) is 12.5 Å². The first-order valence-corrected chi connectivity index (χ1v) is 5.31. The molecule has 0 spiro atoms. The molecule has 1 amide bonds. The van der Waals surface area contributed by atoms with Gasteiger partial charge >= 0.3 is 0 Å². The Balaban J connectivity index is 2.41. The number of hydrogen-bond acceptors (Lipinski definition) is 2. The van der Waals surface area contributed by atoms with E-state index in [4.69, 9.17) is 5.73 Å². The van der Waals surface area contributed by atoms with E-state index in [0.717, 1.165) is 12.8 Å². The summed E-state index contributed by atoms with van der Waals surface area (Å²) in [4.78, 5) is 11.8. The lowest BCUT2D eigenvalue weighted by atomic mass is 9.93. The summed E-state index contributed by atoms with van der Waals surface area (Å²) in [5.74, 6) is 0.386. The first kappa shape index (κ1) is 11.5. The third-order valence-electron chi connectivity index (χ3n) is 2.69. The summed E-state index contributed by atoms with van der Waals surface area (Å²) in [6.07, 6.45) is 2.19. The normalized spacial score (nSPS) is 21.5. The van der Waals surface area contributed by atoms with Crippen molar-refractivity contribution in [1.82, 2.24) is 5.32 Å². The van der Waals surface area contributed by atoms with E-state index in [1.54, 1.807) is 0 Å². The van der Waals surface area contributed by atoms with Gasteiger partial charge in [0.1, 0.15) is 0 Å². The molecule has 0 radical (unpaired) electrons. The van der Waals surface area contributed by atoms with Crippen molar-refractivity contribution in [2.45, 2.75) is 46.1 Å². The molecule has 1 unspecified atom stereocenters. The SMILES string of the molecule is CC(C)(C)CNC(=O)C(C)(N)C1CC1. The molecule has 3 N–H and O–H groups in total. The lowest BCUT2D eigenvalue weighted by Gasteiger charge is -2.26. The Labute approximate surface area is 86.4 Å². The quantitative estimate of drug-likeness (QED) is 0.717. The van der Waals surface area contributed by atoms with Gasteiger partial charge in [0.2, 0.25) is 5.91 Å². The summed E-state index contributed by atoms with van der Waals surface area (Å²) in [6, 6.07) is 0. The number of carbonyl (C=O) groups is 1. The van der Waals surface area contributed by atoms with Gasteiger partial charge in [0.25, 0.3) is 0 Å². The van der Waals surface area contributed by atoms with Crippen molar-refractivity contribution in [1.29, 1.82) is 0 Å². The number of nitrogens with two attached hydrogens (primary N) is 1. The van der Waals surface area contributed by atoms with Gasteiger partial charge < -0.3 is 11.1 Å². The number of rotatable bonds is 3. The molecule has 1 aliphatic carbocycles. The van der Waals surface area contributed by atoms with E-state index in [1.807, 2.05) is 6.92 Å². The number of hydrogen-bond donors (Lipinski definition) is 2. The van der Waals surface area contributed by atoms with Gasteiger partial charge in [0.05, 0.1) is 5.54 Å². The first-order chi connectivity index (χ1) is 6.23. The van der Waals surface area contributed by atoms with Crippen LogP contribution >= 0.6 is 0 Å². The topological polar surface area (TPSA) is 55.1 Å². The molecule has 1 aliphatic rings. The lowest BCUT2D eigenvalue weighted by Crippen LogP contribution is -2.54. The van der Waals surface area contributed by atoms with Crippen molar-refractivity contribution < 1.29 is 4.79 Å². The summed E-state index contributed by atoms with van der Waals surface area (Å²) < 4.78 is 0. The van der Waals surface area contributed by atoms with Crippen LogP contribution < -0.4 is 11.1 Å². The molecule has 1 rings (SSSR count). The highest BCUT2D eigenvalue weighted by molar-refractivity contribution is 5.86. The van der Waals surface area contributed by atoms with Gasteiger partial charge in [-0.3, -0.25) is 4.79 Å². The van der Waals surface area contributed by atoms with Crippen LogP contribution in [-0.2, 0) is 4.79 Å². The van der Waals surface area contributed by atoms with Crippen molar-refractivity contribution in [2.24, 2.45) is 17.1 Å². The molecule has 0 saturated heterocycles. The maximum Gasteiger partial charge on any atom is 0.240 e. The fraction of sp³-hybridized carbons (Fsp3) is 0.909. The van der Waals surface area contributed by atoms with E-state index in [2.05, 4.69) is 26.1 Å². The molecule has 1 saturated carbocycles. The van der Waals surface area contributed by atoms with Crippen molar-refractivity contribution in [3.8, 4) is 0 Å². The highest BCUT2D eigenvalue weighted by Gasteiger charge is 2.44. The van der Waals surface area contributed by atoms with Gasteiger partial charge in [-0.05, 0) is 31.1 Å². The zero-order valence-electron chi connectivity index (χ0n) is 9.68. The Kier molecular flexibility index (Phi) is 2.91. The summed E-state index contributed by atoms with van der Waals surface area (Å²) in [7, 11) is 0. The second-order valence-electron chi connectivity index (χ2n) is 5.80. The predicted octanol–water partition coefficient (Wildman–Crippen LogP) is 1.28. The van der Waals surface area contributed by atoms with E-state index in [-0.39, 0.29) is 11.3 Å². The third-order valence-corrected chi connectivity index (χ3v) is 2.69. The van der Waals surface area contributed by atoms with Crippen LogP contribution in [0.25, 0.3) is 0 Å². The molecule has 1 fully saturated rings. The van der Waals surface area contributed by atoms with Crippen LogP contribution in [0.4, 0.5) is 0 Å². The van der Waals surface area contributed by atoms with Gasteiger partial charge in [-0.2, -0.15) is 0 Å². The minimum absolute atomic E-state index is 0.00470. The summed E-state index contributed by atoms with van der Waals surface area (Å²) in [6.45, 7) is 8.81. The van der Waals surface area contributed by atoms with Gasteiger partial charge in [-0.25, -0.2) is 0 Å². The predicted molar refractivity (Wildman–Crippen MR) is 57.8 cm³/mol. The average molecular weight is 198 g/mol. The molecule has 0 heterocycles. The molecule has 82 valence electrons. The molecule has 3 heteroatoms. The molecule has 0 aromatic carbocycles. The van der Waals surface area contributed by atoms with E-state index < -0.39 is 5.54 Å². The van der Waals surface area contributed by atoms with Crippen LogP contribution in [0.1, 0.15) is 40.5 Å². The van der Waals surface area contributed by atoms with Crippen molar-refractivity contribution in [3.05, 3.63) is 0 Å². The Morgan fingerprint density at radius 3 is 2.21 bits per heavy atom. The smallest absolute Gasteiger partial charge is 0.240 e. The standard InChI is InChI=1S/C11H22N2O/c1-10(2,3)7-13-9(14)11(4,12)8-5-6-8/h8H,5-7,12H2,1-4H3,(H,13,14). The second kappa shape index (κ2) is 3.54. The Bertz CT molecular complexity index is 224. The highest BCUT2D eigenvalue weighted by atomic mass is 16.2. The van der Waals surface area contributed by atoms with Gasteiger partial charge in [0.15, 0.2) is 0 Å². The van der Waals surface area contributed by atoms with Crippen LogP contribution in [-0.4, -0.2) is 18.0 Å². The highest BCUT2D eigenvalue weighted by Crippen LogP contribution is 2.38. The monoisotopic (exact) mass is 198 g/mol.